The molecule has 29 heavy (non-hydrogen) atoms. The molecule has 1 fully saturated rings. The standard InChI is InChI=1S/C22H29N3O3S/c1-17-8-10-20(11-9-17)29(27,28)25-14-12-24(13-15-25)22(26)21(23(3)4)19-7-5-6-18(2)16-19/h5-11,16,21H,12-15H2,1-4H3. The van der Waals surface area contributed by atoms with Crippen LogP contribution in [0.15, 0.2) is 53.4 Å². The van der Waals surface area contributed by atoms with Gasteiger partial charge in [-0.25, -0.2) is 8.42 Å². The number of hydrogen-bond acceptors (Lipinski definition) is 4. The number of hydrogen-bond donors (Lipinski definition) is 0. The van der Waals surface area contributed by atoms with Gasteiger partial charge in [0.2, 0.25) is 15.9 Å². The van der Waals surface area contributed by atoms with E-state index >= 15 is 0 Å². The maximum atomic E-state index is 13.2. The molecule has 0 spiro atoms. The predicted molar refractivity (Wildman–Crippen MR) is 114 cm³/mol. The number of benzene rings is 2. The molecule has 0 saturated carbocycles. The lowest BCUT2D eigenvalue weighted by atomic mass is 10.0. The van der Waals surface area contributed by atoms with E-state index in [2.05, 4.69) is 0 Å². The molecule has 1 unspecified atom stereocenters. The van der Waals surface area contributed by atoms with Crippen molar-refractivity contribution in [3.63, 3.8) is 0 Å². The van der Waals surface area contributed by atoms with Gasteiger partial charge in [0, 0.05) is 26.2 Å². The first-order valence-corrected chi connectivity index (χ1v) is 11.2. The Hall–Kier alpha value is -2.22. The van der Waals surface area contributed by atoms with Gasteiger partial charge in [-0.1, -0.05) is 47.5 Å². The van der Waals surface area contributed by atoms with Crippen molar-refractivity contribution in [2.75, 3.05) is 40.3 Å². The zero-order chi connectivity index (χ0) is 21.2. The summed E-state index contributed by atoms with van der Waals surface area (Å²) in [7, 11) is 0.246. The molecule has 0 radical (unpaired) electrons. The van der Waals surface area contributed by atoms with E-state index in [0.717, 1.165) is 16.7 Å². The summed E-state index contributed by atoms with van der Waals surface area (Å²) in [4.78, 5) is 17.2. The van der Waals surface area contributed by atoms with Gasteiger partial charge in [-0.2, -0.15) is 4.31 Å². The van der Waals surface area contributed by atoms with E-state index in [9.17, 15) is 13.2 Å². The Morgan fingerprint density at radius 2 is 1.55 bits per heavy atom. The number of amides is 1. The summed E-state index contributed by atoms with van der Waals surface area (Å²) in [6.07, 6.45) is 0. The van der Waals surface area contributed by atoms with E-state index in [1.807, 2.05) is 57.1 Å². The molecule has 1 aliphatic heterocycles. The van der Waals surface area contributed by atoms with Crippen LogP contribution in [0.5, 0.6) is 0 Å². The zero-order valence-corrected chi connectivity index (χ0v) is 18.3. The summed E-state index contributed by atoms with van der Waals surface area (Å²) < 4.78 is 27.3. The first-order chi connectivity index (χ1) is 13.7. The lowest BCUT2D eigenvalue weighted by Gasteiger charge is -2.37. The summed E-state index contributed by atoms with van der Waals surface area (Å²) in [5.41, 5.74) is 3.08. The average molecular weight is 416 g/mol. The lowest BCUT2D eigenvalue weighted by molar-refractivity contribution is -0.137. The van der Waals surface area contributed by atoms with E-state index < -0.39 is 10.0 Å². The summed E-state index contributed by atoms with van der Waals surface area (Å²) >= 11 is 0. The minimum absolute atomic E-state index is 0.00739. The van der Waals surface area contributed by atoms with Gasteiger partial charge in [-0.15, -0.1) is 0 Å². The largest absolute Gasteiger partial charge is 0.338 e. The monoisotopic (exact) mass is 415 g/mol. The molecule has 0 aromatic heterocycles. The fourth-order valence-corrected chi connectivity index (χ4v) is 5.11. The van der Waals surface area contributed by atoms with Crippen LogP contribution in [0.4, 0.5) is 0 Å². The number of rotatable bonds is 5. The molecule has 2 aromatic carbocycles. The molecule has 3 rings (SSSR count). The second kappa shape index (κ2) is 8.65. The fourth-order valence-electron chi connectivity index (χ4n) is 3.68. The SMILES string of the molecule is Cc1ccc(S(=O)(=O)N2CCN(C(=O)C(c3cccc(C)c3)N(C)C)CC2)cc1. The highest BCUT2D eigenvalue weighted by molar-refractivity contribution is 7.89. The Labute approximate surface area is 173 Å². The number of aryl methyl sites for hydroxylation is 2. The molecule has 1 heterocycles. The van der Waals surface area contributed by atoms with Crippen molar-refractivity contribution < 1.29 is 13.2 Å². The lowest BCUT2D eigenvalue weighted by Crippen LogP contribution is -2.52. The van der Waals surface area contributed by atoms with Gasteiger partial charge >= 0.3 is 0 Å². The van der Waals surface area contributed by atoms with Crippen molar-refractivity contribution >= 4 is 15.9 Å². The molecule has 0 bridgehead atoms. The number of likely N-dealkylation sites (N-methyl/N-ethyl adjacent to an activating group) is 1. The molecule has 1 aliphatic rings. The normalized spacial score (nSPS) is 16.8. The summed E-state index contributed by atoms with van der Waals surface area (Å²) in [6.45, 7) is 5.32. The van der Waals surface area contributed by atoms with Crippen LogP contribution in [-0.2, 0) is 14.8 Å². The fraction of sp³-hybridized carbons (Fsp3) is 0.409. The number of carbonyl (C=O) groups is 1. The molecule has 156 valence electrons. The summed E-state index contributed by atoms with van der Waals surface area (Å²) in [6, 6.07) is 14.5. The van der Waals surface area contributed by atoms with Crippen molar-refractivity contribution in [3.05, 3.63) is 65.2 Å². The van der Waals surface area contributed by atoms with Crippen LogP contribution < -0.4 is 0 Å². The Kier molecular flexibility index (Phi) is 6.41. The van der Waals surface area contributed by atoms with Crippen LogP contribution in [0.25, 0.3) is 0 Å². The van der Waals surface area contributed by atoms with Crippen LogP contribution in [0.3, 0.4) is 0 Å². The molecule has 6 nitrogen and oxygen atoms in total. The third kappa shape index (κ3) is 4.69. The van der Waals surface area contributed by atoms with Gasteiger partial charge in [0.05, 0.1) is 4.90 Å². The van der Waals surface area contributed by atoms with Crippen molar-refractivity contribution in [2.45, 2.75) is 24.8 Å². The molecule has 7 heteroatoms. The number of nitrogens with zero attached hydrogens (tertiary/aromatic N) is 3. The van der Waals surface area contributed by atoms with E-state index in [1.165, 1.54) is 4.31 Å². The number of carbonyl (C=O) groups excluding carboxylic acids is 1. The topological polar surface area (TPSA) is 60.9 Å². The van der Waals surface area contributed by atoms with E-state index in [1.54, 1.807) is 29.2 Å². The molecular weight excluding hydrogens is 386 g/mol. The van der Waals surface area contributed by atoms with E-state index in [-0.39, 0.29) is 11.9 Å². The predicted octanol–water partition coefficient (Wildman–Crippen LogP) is 2.44. The van der Waals surface area contributed by atoms with Gasteiger partial charge in [0.15, 0.2) is 0 Å². The molecule has 1 atom stereocenters. The third-order valence-corrected chi connectivity index (χ3v) is 7.23. The van der Waals surface area contributed by atoms with Gasteiger partial charge in [-0.05, 0) is 45.6 Å². The van der Waals surface area contributed by atoms with Crippen molar-refractivity contribution in [3.8, 4) is 0 Å². The number of sulfonamides is 1. The second-order valence-electron chi connectivity index (χ2n) is 7.82. The first kappa shape index (κ1) is 21.5. The van der Waals surface area contributed by atoms with Gasteiger partial charge in [0.25, 0.3) is 0 Å². The van der Waals surface area contributed by atoms with Crippen LogP contribution in [0.1, 0.15) is 22.7 Å². The van der Waals surface area contributed by atoms with Crippen LogP contribution in [0.2, 0.25) is 0 Å². The van der Waals surface area contributed by atoms with Crippen molar-refractivity contribution in [1.82, 2.24) is 14.1 Å². The highest BCUT2D eigenvalue weighted by Crippen LogP contribution is 2.24. The van der Waals surface area contributed by atoms with Crippen LogP contribution in [0, 0.1) is 13.8 Å². The quantitative estimate of drug-likeness (QED) is 0.753. The van der Waals surface area contributed by atoms with Gasteiger partial charge in [-0.3, -0.25) is 9.69 Å². The molecule has 1 amide bonds. The smallest absolute Gasteiger partial charge is 0.244 e. The molecule has 1 saturated heterocycles. The molecular formula is C22H29N3O3S. The first-order valence-electron chi connectivity index (χ1n) is 9.79. The molecule has 0 N–H and O–H groups in total. The Morgan fingerprint density at radius 1 is 0.931 bits per heavy atom. The molecule has 2 aromatic rings. The second-order valence-corrected chi connectivity index (χ2v) is 9.76. The van der Waals surface area contributed by atoms with Gasteiger partial charge in [0.1, 0.15) is 6.04 Å². The van der Waals surface area contributed by atoms with Crippen molar-refractivity contribution in [1.29, 1.82) is 0 Å². The van der Waals surface area contributed by atoms with E-state index in [4.69, 9.17) is 0 Å². The Bertz CT molecular complexity index is 963. The average Bonchev–Trinajstić information content (AvgIpc) is 2.68. The maximum Gasteiger partial charge on any atom is 0.244 e. The van der Waals surface area contributed by atoms with E-state index in [0.29, 0.717) is 31.1 Å². The highest BCUT2D eigenvalue weighted by atomic mass is 32.2. The highest BCUT2D eigenvalue weighted by Gasteiger charge is 2.33. The summed E-state index contributed by atoms with van der Waals surface area (Å²) in [5.74, 6) is 0.00739. The third-order valence-electron chi connectivity index (χ3n) is 5.32. The summed E-state index contributed by atoms with van der Waals surface area (Å²) in [5, 5.41) is 0. The van der Waals surface area contributed by atoms with Crippen LogP contribution in [-0.4, -0.2) is 68.7 Å². The minimum atomic E-state index is -3.54. The molecule has 0 aliphatic carbocycles. The maximum absolute atomic E-state index is 13.2. The van der Waals surface area contributed by atoms with Crippen LogP contribution >= 0.6 is 0 Å². The van der Waals surface area contributed by atoms with Gasteiger partial charge < -0.3 is 4.90 Å². The number of piperazine rings is 1. The van der Waals surface area contributed by atoms with Crippen molar-refractivity contribution in [2.24, 2.45) is 0 Å². The Balaban J connectivity index is 1.72. The zero-order valence-electron chi connectivity index (χ0n) is 17.5. The minimum Gasteiger partial charge on any atom is -0.338 e. The Morgan fingerprint density at radius 3 is 2.10 bits per heavy atom.